The van der Waals surface area contributed by atoms with Crippen molar-refractivity contribution >= 4 is 21.6 Å². The summed E-state index contributed by atoms with van der Waals surface area (Å²) in [6, 6.07) is 4.27. The topological polar surface area (TPSA) is 32.3 Å². The van der Waals surface area contributed by atoms with E-state index < -0.39 is 0 Å². The maximum Gasteiger partial charge on any atom is 0.0514 e. The van der Waals surface area contributed by atoms with Crippen molar-refractivity contribution in [2.45, 2.75) is 34.1 Å². The fraction of sp³-hybridized carbons (Fsp3) is 0.571. The molecule has 17 heavy (non-hydrogen) atoms. The summed E-state index contributed by atoms with van der Waals surface area (Å²) in [7, 11) is 0. The SMILES string of the molecule is CCC(C)(CO)CNc1c(C)cc(C)cc1Br. The van der Waals surface area contributed by atoms with Gasteiger partial charge in [-0.2, -0.15) is 0 Å². The molecule has 0 amide bonds. The number of anilines is 1. The molecular weight excluding hydrogens is 278 g/mol. The molecule has 0 saturated carbocycles. The van der Waals surface area contributed by atoms with Crippen molar-refractivity contribution in [2.24, 2.45) is 5.41 Å². The van der Waals surface area contributed by atoms with Crippen LogP contribution in [0.4, 0.5) is 5.69 Å². The quantitative estimate of drug-likeness (QED) is 0.864. The number of rotatable bonds is 5. The van der Waals surface area contributed by atoms with E-state index >= 15 is 0 Å². The van der Waals surface area contributed by atoms with Gasteiger partial charge >= 0.3 is 0 Å². The lowest BCUT2D eigenvalue weighted by Crippen LogP contribution is -2.29. The van der Waals surface area contributed by atoms with Crippen LogP contribution in [0.25, 0.3) is 0 Å². The zero-order valence-electron chi connectivity index (χ0n) is 11.1. The van der Waals surface area contributed by atoms with Crippen LogP contribution in [-0.2, 0) is 0 Å². The normalized spacial score (nSPS) is 14.5. The van der Waals surface area contributed by atoms with E-state index in [9.17, 15) is 5.11 Å². The number of aryl methyl sites for hydroxylation is 2. The maximum absolute atomic E-state index is 9.39. The minimum atomic E-state index is -0.0588. The van der Waals surface area contributed by atoms with E-state index in [0.29, 0.717) is 0 Å². The summed E-state index contributed by atoms with van der Waals surface area (Å²) in [4.78, 5) is 0. The monoisotopic (exact) mass is 299 g/mol. The Bertz CT molecular complexity index is 363. The first-order valence-electron chi connectivity index (χ1n) is 6.03. The van der Waals surface area contributed by atoms with Crippen molar-refractivity contribution in [2.75, 3.05) is 18.5 Å². The summed E-state index contributed by atoms with van der Waals surface area (Å²) in [6.07, 6.45) is 0.957. The first kappa shape index (κ1) is 14.5. The molecule has 0 fully saturated rings. The van der Waals surface area contributed by atoms with Crippen LogP contribution < -0.4 is 5.32 Å². The zero-order valence-corrected chi connectivity index (χ0v) is 12.7. The number of aliphatic hydroxyl groups excluding tert-OH is 1. The van der Waals surface area contributed by atoms with Crippen molar-refractivity contribution in [3.05, 3.63) is 27.7 Å². The van der Waals surface area contributed by atoms with E-state index in [1.807, 2.05) is 0 Å². The van der Waals surface area contributed by atoms with Crippen LogP contribution in [0.1, 0.15) is 31.4 Å². The molecular formula is C14H22BrNO. The average molecular weight is 300 g/mol. The summed E-state index contributed by atoms with van der Waals surface area (Å²) in [5.74, 6) is 0. The second-order valence-corrected chi connectivity index (χ2v) is 5.97. The van der Waals surface area contributed by atoms with Gasteiger partial charge in [0, 0.05) is 16.4 Å². The Kier molecular flexibility index (Phi) is 5.02. The van der Waals surface area contributed by atoms with Crippen LogP contribution in [0.3, 0.4) is 0 Å². The molecule has 1 unspecified atom stereocenters. The molecule has 0 aliphatic carbocycles. The van der Waals surface area contributed by atoms with E-state index in [-0.39, 0.29) is 12.0 Å². The highest BCUT2D eigenvalue weighted by Gasteiger charge is 2.21. The van der Waals surface area contributed by atoms with Crippen LogP contribution in [0.5, 0.6) is 0 Å². The van der Waals surface area contributed by atoms with E-state index in [4.69, 9.17) is 0 Å². The predicted molar refractivity (Wildman–Crippen MR) is 77.6 cm³/mol. The molecule has 0 spiro atoms. The highest BCUT2D eigenvalue weighted by Crippen LogP contribution is 2.29. The van der Waals surface area contributed by atoms with Gasteiger partial charge in [-0.1, -0.05) is 19.9 Å². The van der Waals surface area contributed by atoms with Crippen molar-refractivity contribution in [1.29, 1.82) is 0 Å². The molecule has 0 heterocycles. The Labute approximate surface area is 113 Å². The smallest absolute Gasteiger partial charge is 0.0514 e. The van der Waals surface area contributed by atoms with Crippen molar-refractivity contribution < 1.29 is 5.11 Å². The third-order valence-corrected chi connectivity index (χ3v) is 3.98. The Hall–Kier alpha value is -0.540. The van der Waals surface area contributed by atoms with Crippen LogP contribution in [-0.4, -0.2) is 18.3 Å². The molecule has 0 aliphatic heterocycles. The number of aliphatic hydroxyl groups is 1. The lowest BCUT2D eigenvalue weighted by Gasteiger charge is -2.27. The molecule has 0 aliphatic rings. The lowest BCUT2D eigenvalue weighted by atomic mass is 9.88. The lowest BCUT2D eigenvalue weighted by molar-refractivity contribution is 0.149. The molecule has 0 bridgehead atoms. The fourth-order valence-electron chi connectivity index (χ4n) is 1.73. The average Bonchev–Trinajstić information content (AvgIpc) is 2.27. The second kappa shape index (κ2) is 5.87. The van der Waals surface area contributed by atoms with Gasteiger partial charge in [-0.25, -0.2) is 0 Å². The Morgan fingerprint density at radius 1 is 1.35 bits per heavy atom. The number of halogens is 1. The van der Waals surface area contributed by atoms with Gasteiger partial charge in [-0.05, 0) is 53.4 Å². The standard InChI is InChI=1S/C14H22BrNO/c1-5-14(4,9-17)8-16-13-11(3)6-10(2)7-12(13)15/h6-7,16-17H,5,8-9H2,1-4H3. The molecule has 1 aromatic carbocycles. The maximum atomic E-state index is 9.39. The first-order valence-corrected chi connectivity index (χ1v) is 6.82. The Morgan fingerprint density at radius 3 is 2.47 bits per heavy atom. The molecule has 1 atom stereocenters. The van der Waals surface area contributed by atoms with Crippen LogP contribution in [0.2, 0.25) is 0 Å². The molecule has 96 valence electrons. The third kappa shape index (κ3) is 3.71. The zero-order chi connectivity index (χ0) is 13.1. The van der Waals surface area contributed by atoms with Gasteiger partial charge in [0.05, 0.1) is 12.3 Å². The van der Waals surface area contributed by atoms with E-state index in [0.717, 1.165) is 23.1 Å². The van der Waals surface area contributed by atoms with Crippen LogP contribution in [0.15, 0.2) is 16.6 Å². The number of hydrogen-bond acceptors (Lipinski definition) is 2. The molecule has 0 saturated heterocycles. The van der Waals surface area contributed by atoms with E-state index in [1.165, 1.54) is 11.1 Å². The van der Waals surface area contributed by atoms with Gasteiger partial charge in [-0.3, -0.25) is 0 Å². The minimum absolute atomic E-state index is 0.0588. The largest absolute Gasteiger partial charge is 0.396 e. The highest BCUT2D eigenvalue weighted by molar-refractivity contribution is 9.10. The molecule has 0 aromatic heterocycles. The summed E-state index contributed by atoms with van der Waals surface area (Å²) in [5, 5.41) is 12.8. The van der Waals surface area contributed by atoms with Gasteiger partial charge < -0.3 is 10.4 Å². The van der Waals surface area contributed by atoms with Crippen molar-refractivity contribution in [3.63, 3.8) is 0 Å². The van der Waals surface area contributed by atoms with Crippen molar-refractivity contribution in [3.8, 4) is 0 Å². The van der Waals surface area contributed by atoms with Gasteiger partial charge in [0.25, 0.3) is 0 Å². The van der Waals surface area contributed by atoms with Crippen molar-refractivity contribution in [1.82, 2.24) is 0 Å². The van der Waals surface area contributed by atoms with Crippen LogP contribution in [0, 0.1) is 19.3 Å². The highest BCUT2D eigenvalue weighted by atomic mass is 79.9. The van der Waals surface area contributed by atoms with Gasteiger partial charge in [0.15, 0.2) is 0 Å². The molecule has 1 rings (SSSR count). The summed E-state index contributed by atoms with van der Waals surface area (Å²) < 4.78 is 1.09. The van der Waals surface area contributed by atoms with E-state index in [2.05, 4.69) is 61.1 Å². The Morgan fingerprint density at radius 2 is 2.00 bits per heavy atom. The summed E-state index contributed by atoms with van der Waals surface area (Å²) in [6.45, 7) is 9.38. The number of benzene rings is 1. The second-order valence-electron chi connectivity index (χ2n) is 5.11. The summed E-state index contributed by atoms with van der Waals surface area (Å²) in [5.41, 5.74) is 3.55. The predicted octanol–water partition coefficient (Wildman–Crippen LogP) is 3.89. The summed E-state index contributed by atoms with van der Waals surface area (Å²) >= 11 is 3.58. The molecule has 0 radical (unpaired) electrons. The van der Waals surface area contributed by atoms with Gasteiger partial charge in [-0.15, -0.1) is 0 Å². The number of nitrogens with one attached hydrogen (secondary N) is 1. The number of hydrogen-bond donors (Lipinski definition) is 2. The first-order chi connectivity index (χ1) is 7.91. The molecule has 2 N–H and O–H groups in total. The molecule has 2 nitrogen and oxygen atoms in total. The molecule has 1 aromatic rings. The fourth-order valence-corrected chi connectivity index (χ4v) is 2.55. The van der Waals surface area contributed by atoms with E-state index in [1.54, 1.807) is 0 Å². The van der Waals surface area contributed by atoms with Gasteiger partial charge in [0.2, 0.25) is 0 Å². The van der Waals surface area contributed by atoms with Crippen LogP contribution >= 0.6 is 15.9 Å². The third-order valence-electron chi connectivity index (χ3n) is 3.36. The minimum Gasteiger partial charge on any atom is -0.396 e. The van der Waals surface area contributed by atoms with Gasteiger partial charge in [0.1, 0.15) is 0 Å². The molecule has 3 heteroatoms. The Balaban J connectivity index is 2.83.